The Hall–Kier alpha value is -2.11. The van der Waals surface area contributed by atoms with Gasteiger partial charge in [-0.15, -0.1) is 0 Å². The van der Waals surface area contributed by atoms with E-state index in [2.05, 4.69) is 0 Å². The first kappa shape index (κ1) is 13.3. The number of nitro groups is 1. The smallest absolute Gasteiger partial charge is 0.328 e. The van der Waals surface area contributed by atoms with E-state index < -0.39 is 4.92 Å². The Morgan fingerprint density at radius 2 is 2.16 bits per heavy atom. The molecule has 0 bridgehead atoms. The Bertz CT molecular complexity index is 472. The van der Waals surface area contributed by atoms with Crippen molar-refractivity contribution in [3.8, 4) is 0 Å². The van der Waals surface area contributed by atoms with Gasteiger partial charge in [0.05, 0.1) is 11.5 Å². The van der Waals surface area contributed by atoms with E-state index >= 15 is 0 Å². The summed E-state index contributed by atoms with van der Waals surface area (Å²) in [5.41, 5.74) is 0.872. The van der Waals surface area contributed by atoms with Gasteiger partial charge in [-0.25, -0.2) is 4.79 Å². The summed E-state index contributed by atoms with van der Waals surface area (Å²) < 4.78 is 5.05. The van der Waals surface area contributed by atoms with Crippen molar-refractivity contribution in [2.75, 3.05) is 18.1 Å². The molecular formula is C13H16N2O4. The molecule has 2 rings (SSSR count). The number of ether oxygens (including phenoxy) is 1. The molecule has 0 amide bonds. The summed E-state index contributed by atoms with van der Waals surface area (Å²) in [6.45, 7) is 2.91. The lowest BCUT2D eigenvalue weighted by Crippen LogP contribution is -2.37. The van der Waals surface area contributed by atoms with Gasteiger partial charge in [0.2, 0.25) is 0 Å². The average Bonchev–Trinajstić information content (AvgIpc) is 2.88. The van der Waals surface area contributed by atoms with E-state index in [1.54, 1.807) is 19.1 Å². The molecule has 0 aliphatic carbocycles. The highest BCUT2D eigenvalue weighted by Crippen LogP contribution is 2.27. The molecule has 1 heterocycles. The van der Waals surface area contributed by atoms with Crippen LogP contribution in [0.3, 0.4) is 0 Å². The standard InChI is InChI=1S/C13H16N2O4/c1-2-19-13(16)12-4-3-9-14(12)10-5-7-11(8-6-10)15(17)18/h5-8,12H,2-4,9H2,1H3. The number of rotatable bonds is 4. The number of nitrogens with zero attached hydrogens (tertiary/aromatic N) is 2. The highest BCUT2D eigenvalue weighted by atomic mass is 16.6. The van der Waals surface area contributed by atoms with Crippen molar-refractivity contribution in [3.05, 3.63) is 34.4 Å². The van der Waals surface area contributed by atoms with Gasteiger partial charge in [0.15, 0.2) is 0 Å². The minimum atomic E-state index is -0.434. The highest BCUT2D eigenvalue weighted by molar-refractivity contribution is 5.81. The molecule has 0 saturated carbocycles. The molecule has 6 heteroatoms. The molecule has 1 fully saturated rings. The molecule has 0 spiro atoms. The van der Waals surface area contributed by atoms with Crippen LogP contribution < -0.4 is 4.90 Å². The van der Waals surface area contributed by atoms with E-state index in [0.29, 0.717) is 6.61 Å². The monoisotopic (exact) mass is 264 g/mol. The van der Waals surface area contributed by atoms with Crippen molar-refractivity contribution in [1.29, 1.82) is 0 Å². The van der Waals surface area contributed by atoms with Crippen LogP contribution in [0.25, 0.3) is 0 Å². The number of esters is 1. The summed E-state index contributed by atoms with van der Waals surface area (Å²) in [4.78, 5) is 24.0. The molecule has 6 nitrogen and oxygen atoms in total. The lowest BCUT2D eigenvalue weighted by molar-refractivity contribution is -0.384. The minimum absolute atomic E-state index is 0.0515. The van der Waals surface area contributed by atoms with Crippen LogP contribution in [0.4, 0.5) is 11.4 Å². The fourth-order valence-corrected chi connectivity index (χ4v) is 2.33. The highest BCUT2D eigenvalue weighted by Gasteiger charge is 2.32. The van der Waals surface area contributed by atoms with E-state index in [1.807, 2.05) is 4.90 Å². The molecule has 0 aromatic heterocycles. The third-order valence-electron chi connectivity index (χ3n) is 3.20. The summed E-state index contributed by atoms with van der Waals surface area (Å²) in [6.07, 6.45) is 1.68. The second-order valence-corrected chi connectivity index (χ2v) is 4.38. The summed E-state index contributed by atoms with van der Waals surface area (Å²) in [5, 5.41) is 10.6. The van der Waals surface area contributed by atoms with Gasteiger partial charge < -0.3 is 9.64 Å². The number of hydrogen-bond acceptors (Lipinski definition) is 5. The topological polar surface area (TPSA) is 72.7 Å². The number of anilines is 1. The molecule has 1 saturated heterocycles. The molecule has 1 aliphatic heterocycles. The molecule has 19 heavy (non-hydrogen) atoms. The third kappa shape index (κ3) is 2.83. The quantitative estimate of drug-likeness (QED) is 0.473. The van der Waals surface area contributed by atoms with E-state index in [4.69, 9.17) is 4.74 Å². The van der Waals surface area contributed by atoms with Crippen molar-refractivity contribution in [1.82, 2.24) is 0 Å². The zero-order valence-electron chi connectivity index (χ0n) is 10.7. The summed E-state index contributed by atoms with van der Waals surface area (Å²) in [6, 6.07) is 5.98. The lowest BCUT2D eigenvalue weighted by atomic mass is 10.2. The Balaban J connectivity index is 2.15. The fraction of sp³-hybridized carbons (Fsp3) is 0.462. The SMILES string of the molecule is CCOC(=O)C1CCCN1c1ccc([N+](=O)[O-])cc1. The molecule has 1 aromatic rings. The Labute approximate surface area is 111 Å². The second kappa shape index (κ2) is 5.69. The lowest BCUT2D eigenvalue weighted by Gasteiger charge is -2.24. The number of benzene rings is 1. The molecular weight excluding hydrogens is 248 g/mol. The van der Waals surface area contributed by atoms with Crippen molar-refractivity contribution >= 4 is 17.3 Å². The van der Waals surface area contributed by atoms with Crippen LogP contribution in [-0.4, -0.2) is 30.1 Å². The van der Waals surface area contributed by atoms with Gasteiger partial charge in [0.1, 0.15) is 6.04 Å². The van der Waals surface area contributed by atoms with Crippen molar-refractivity contribution in [3.63, 3.8) is 0 Å². The van der Waals surface area contributed by atoms with Gasteiger partial charge >= 0.3 is 5.97 Å². The van der Waals surface area contributed by atoms with Gasteiger partial charge in [-0.1, -0.05) is 0 Å². The van der Waals surface area contributed by atoms with Gasteiger partial charge in [-0.05, 0) is 31.9 Å². The van der Waals surface area contributed by atoms with E-state index in [9.17, 15) is 14.9 Å². The molecule has 1 aromatic carbocycles. The predicted octanol–water partition coefficient (Wildman–Crippen LogP) is 2.13. The van der Waals surface area contributed by atoms with Crippen molar-refractivity contribution in [2.24, 2.45) is 0 Å². The van der Waals surface area contributed by atoms with Gasteiger partial charge in [0, 0.05) is 24.4 Å². The molecule has 1 atom stereocenters. The maximum Gasteiger partial charge on any atom is 0.328 e. The predicted molar refractivity (Wildman–Crippen MR) is 70.1 cm³/mol. The maximum atomic E-state index is 11.8. The van der Waals surface area contributed by atoms with Gasteiger partial charge in [-0.2, -0.15) is 0 Å². The second-order valence-electron chi connectivity index (χ2n) is 4.38. The average molecular weight is 264 g/mol. The molecule has 102 valence electrons. The van der Waals surface area contributed by atoms with Crippen LogP contribution in [0.15, 0.2) is 24.3 Å². The Morgan fingerprint density at radius 3 is 2.74 bits per heavy atom. The van der Waals surface area contributed by atoms with Crippen molar-refractivity contribution < 1.29 is 14.5 Å². The Kier molecular flexibility index (Phi) is 3.99. The zero-order chi connectivity index (χ0) is 13.8. The van der Waals surface area contributed by atoms with Crippen LogP contribution in [0.5, 0.6) is 0 Å². The minimum Gasteiger partial charge on any atom is -0.464 e. The van der Waals surface area contributed by atoms with Crippen molar-refractivity contribution in [2.45, 2.75) is 25.8 Å². The number of nitro benzene ring substituents is 1. The normalized spacial score (nSPS) is 18.4. The largest absolute Gasteiger partial charge is 0.464 e. The fourth-order valence-electron chi connectivity index (χ4n) is 2.33. The van der Waals surface area contributed by atoms with Crippen LogP contribution in [0, 0.1) is 10.1 Å². The van der Waals surface area contributed by atoms with Crippen LogP contribution in [0.2, 0.25) is 0 Å². The van der Waals surface area contributed by atoms with E-state index in [-0.39, 0.29) is 17.7 Å². The maximum absolute atomic E-state index is 11.8. The molecule has 0 N–H and O–H groups in total. The number of carbonyl (C=O) groups is 1. The first-order valence-electron chi connectivity index (χ1n) is 6.31. The van der Waals surface area contributed by atoms with Crippen LogP contribution >= 0.6 is 0 Å². The summed E-state index contributed by atoms with van der Waals surface area (Å²) in [5.74, 6) is -0.224. The first-order chi connectivity index (χ1) is 9.13. The summed E-state index contributed by atoms with van der Waals surface area (Å²) in [7, 11) is 0. The van der Waals surface area contributed by atoms with E-state index in [1.165, 1.54) is 12.1 Å². The van der Waals surface area contributed by atoms with Crippen LogP contribution in [-0.2, 0) is 9.53 Å². The number of hydrogen-bond donors (Lipinski definition) is 0. The van der Waals surface area contributed by atoms with E-state index in [0.717, 1.165) is 25.1 Å². The summed E-state index contributed by atoms with van der Waals surface area (Å²) >= 11 is 0. The molecule has 1 aliphatic rings. The molecule has 0 radical (unpaired) electrons. The number of non-ortho nitro benzene ring substituents is 1. The van der Waals surface area contributed by atoms with Gasteiger partial charge in [-0.3, -0.25) is 10.1 Å². The van der Waals surface area contributed by atoms with Crippen LogP contribution in [0.1, 0.15) is 19.8 Å². The molecule has 1 unspecified atom stereocenters. The Morgan fingerprint density at radius 1 is 1.47 bits per heavy atom. The number of carbonyl (C=O) groups excluding carboxylic acids is 1. The third-order valence-corrected chi connectivity index (χ3v) is 3.20. The first-order valence-corrected chi connectivity index (χ1v) is 6.31. The zero-order valence-corrected chi connectivity index (χ0v) is 10.7. The van der Waals surface area contributed by atoms with Gasteiger partial charge in [0.25, 0.3) is 5.69 Å².